The van der Waals surface area contributed by atoms with Gasteiger partial charge in [0, 0.05) is 9.90 Å². The summed E-state index contributed by atoms with van der Waals surface area (Å²) >= 11 is 10.8. The molecule has 0 aliphatic carbocycles. The number of ether oxygens (including phenoxy) is 1. The minimum absolute atomic E-state index is 0.0459. The molecule has 114 valence electrons. The van der Waals surface area contributed by atoms with Crippen LogP contribution in [0.3, 0.4) is 0 Å². The van der Waals surface area contributed by atoms with E-state index < -0.39 is 6.61 Å². The summed E-state index contributed by atoms with van der Waals surface area (Å²) in [5.41, 5.74) is 1.58. The van der Waals surface area contributed by atoms with Crippen LogP contribution in [-0.4, -0.2) is 6.61 Å². The fourth-order valence-corrected chi connectivity index (χ4v) is 3.84. The predicted molar refractivity (Wildman–Crippen MR) is 86.9 cm³/mol. The first-order chi connectivity index (χ1) is 9.88. The van der Waals surface area contributed by atoms with Gasteiger partial charge < -0.3 is 10.1 Å². The lowest BCUT2D eigenvalue weighted by atomic mass is 10.1. The molecule has 2 rings (SSSR count). The van der Waals surface area contributed by atoms with Crippen molar-refractivity contribution in [2.45, 2.75) is 26.5 Å². The van der Waals surface area contributed by atoms with E-state index in [1.165, 1.54) is 6.07 Å². The van der Waals surface area contributed by atoms with Gasteiger partial charge in [0.05, 0.1) is 16.2 Å². The van der Waals surface area contributed by atoms with Crippen LogP contribution in [0.4, 0.5) is 14.5 Å². The molecule has 7 heteroatoms. The molecule has 0 aliphatic heterocycles. The highest BCUT2D eigenvalue weighted by atomic mass is 79.9. The van der Waals surface area contributed by atoms with Crippen LogP contribution < -0.4 is 10.1 Å². The summed E-state index contributed by atoms with van der Waals surface area (Å²) < 4.78 is 30.1. The Morgan fingerprint density at radius 2 is 2.10 bits per heavy atom. The molecule has 0 radical (unpaired) electrons. The third-order valence-electron chi connectivity index (χ3n) is 2.88. The van der Waals surface area contributed by atoms with E-state index in [0.717, 1.165) is 10.4 Å². The minimum atomic E-state index is -2.90. The van der Waals surface area contributed by atoms with E-state index in [9.17, 15) is 8.78 Å². The van der Waals surface area contributed by atoms with E-state index in [0.29, 0.717) is 15.2 Å². The zero-order chi connectivity index (χ0) is 15.6. The Kier molecular flexibility index (Phi) is 5.46. The molecule has 0 saturated heterocycles. The van der Waals surface area contributed by atoms with Crippen molar-refractivity contribution in [3.05, 3.63) is 43.5 Å². The fraction of sp³-hybridized carbons (Fsp3) is 0.286. The van der Waals surface area contributed by atoms with Crippen LogP contribution in [0.2, 0.25) is 5.02 Å². The van der Waals surface area contributed by atoms with Gasteiger partial charge >= 0.3 is 6.61 Å². The highest BCUT2D eigenvalue weighted by Crippen LogP contribution is 2.39. The van der Waals surface area contributed by atoms with E-state index in [-0.39, 0.29) is 11.8 Å². The van der Waals surface area contributed by atoms with Crippen molar-refractivity contribution >= 4 is 44.6 Å². The molecular formula is C14H13BrClF2NOS. The number of anilines is 1. The Balaban J connectivity index is 2.32. The number of aryl methyl sites for hydroxylation is 1. The van der Waals surface area contributed by atoms with Gasteiger partial charge in [0.1, 0.15) is 0 Å². The van der Waals surface area contributed by atoms with E-state index in [2.05, 4.69) is 26.0 Å². The molecule has 1 aromatic heterocycles. The number of halogens is 4. The Bertz CT molecular complexity index is 635. The molecule has 0 saturated carbocycles. The first kappa shape index (κ1) is 16.5. The Hall–Kier alpha value is -0.850. The van der Waals surface area contributed by atoms with Crippen LogP contribution in [-0.2, 0) is 0 Å². The molecule has 1 heterocycles. The zero-order valence-electron chi connectivity index (χ0n) is 11.3. The van der Waals surface area contributed by atoms with Crippen LogP contribution in [0.25, 0.3) is 0 Å². The molecule has 0 fully saturated rings. The van der Waals surface area contributed by atoms with Crippen molar-refractivity contribution in [1.29, 1.82) is 0 Å². The standard InChI is InChI=1S/C14H13BrClF2NOS/c1-7-3-4-21-13(7)8(2)19-11-6-9(16)5-10(15)12(11)20-14(17)18/h3-6,8,14,19H,1-2H3. The molecule has 1 atom stereocenters. The molecule has 0 amide bonds. The number of nitrogens with one attached hydrogen (secondary N) is 1. The van der Waals surface area contributed by atoms with Gasteiger partial charge in [-0.3, -0.25) is 0 Å². The first-order valence-corrected chi connectivity index (χ1v) is 8.18. The lowest BCUT2D eigenvalue weighted by Gasteiger charge is -2.19. The normalized spacial score (nSPS) is 12.5. The second-order valence-corrected chi connectivity index (χ2v) is 6.72. The number of thiophene rings is 1. The van der Waals surface area contributed by atoms with Crippen LogP contribution in [0.1, 0.15) is 23.4 Å². The molecular weight excluding hydrogens is 384 g/mol. The third kappa shape index (κ3) is 4.08. The van der Waals surface area contributed by atoms with Gasteiger partial charge in [-0.2, -0.15) is 8.78 Å². The fourth-order valence-electron chi connectivity index (χ4n) is 2.00. The molecule has 0 aliphatic rings. The zero-order valence-corrected chi connectivity index (χ0v) is 14.5. The maximum Gasteiger partial charge on any atom is 0.387 e. The summed E-state index contributed by atoms with van der Waals surface area (Å²) in [6.07, 6.45) is 0. The van der Waals surface area contributed by atoms with Crippen molar-refractivity contribution in [3.8, 4) is 5.75 Å². The Morgan fingerprint density at radius 1 is 1.38 bits per heavy atom. The van der Waals surface area contributed by atoms with Gasteiger partial charge in [0.2, 0.25) is 0 Å². The average Bonchev–Trinajstić information content (AvgIpc) is 2.79. The maximum absolute atomic E-state index is 12.6. The summed E-state index contributed by atoms with van der Waals surface area (Å²) in [4.78, 5) is 1.13. The number of benzene rings is 1. The second-order valence-electron chi connectivity index (χ2n) is 4.48. The van der Waals surface area contributed by atoms with E-state index in [4.69, 9.17) is 11.6 Å². The van der Waals surface area contributed by atoms with Gasteiger partial charge in [-0.05, 0) is 58.9 Å². The van der Waals surface area contributed by atoms with E-state index in [1.807, 2.05) is 25.3 Å². The monoisotopic (exact) mass is 395 g/mol. The topological polar surface area (TPSA) is 21.3 Å². The van der Waals surface area contributed by atoms with Gasteiger partial charge in [0.25, 0.3) is 0 Å². The van der Waals surface area contributed by atoms with Crippen LogP contribution in [0.15, 0.2) is 28.1 Å². The van der Waals surface area contributed by atoms with Crippen molar-refractivity contribution in [2.24, 2.45) is 0 Å². The summed E-state index contributed by atoms with van der Waals surface area (Å²) in [7, 11) is 0. The Labute approximate surface area is 139 Å². The summed E-state index contributed by atoms with van der Waals surface area (Å²) in [6.45, 7) is 1.07. The average molecular weight is 397 g/mol. The highest BCUT2D eigenvalue weighted by molar-refractivity contribution is 9.10. The Morgan fingerprint density at radius 3 is 2.67 bits per heavy atom. The highest BCUT2D eigenvalue weighted by Gasteiger charge is 2.18. The largest absolute Gasteiger partial charge is 0.431 e. The van der Waals surface area contributed by atoms with Gasteiger partial charge in [-0.25, -0.2) is 0 Å². The van der Waals surface area contributed by atoms with Crippen LogP contribution in [0.5, 0.6) is 5.75 Å². The lowest BCUT2D eigenvalue weighted by molar-refractivity contribution is -0.0498. The van der Waals surface area contributed by atoms with E-state index >= 15 is 0 Å². The van der Waals surface area contributed by atoms with Crippen molar-refractivity contribution < 1.29 is 13.5 Å². The molecule has 1 aromatic carbocycles. The second kappa shape index (κ2) is 6.94. The first-order valence-electron chi connectivity index (χ1n) is 6.13. The SMILES string of the molecule is Cc1ccsc1C(C)Nc1cc(Cl)cc(Br)c1OC(F)F. The number of hydrogen-bond donors (Lipinski definition) is 1. The summed E-state index contributed by atoms with van der Waals surface area (Å²) in [6, 6.07) is 5.06. The van der Waals surface area contributed by atoms with Crippen LogP contribution in [0, 0.1) is 6.92 Å². The molecule has 1 unspecified atom stereocenters. The molecule has 0 bridgehead atoms. The lowest BCUT2D eigenvalue weighted by Crippen LogP contribution is -2.10. The summed E-state index contributed by atoms with van der Waals surface area (Å²) in [5, 5.41) is 5.60. The van der Waals surface area contributed by atoms with Crippen molar-refractivity contribution in [3.63, 3.8) is 0 Å². The maximum atomic E-state index is 12.6. The smallest absolute Gasteiger partial charge is 0.387 e. The van der Waals surface area contributed by atoms with Gasteiger partial charge in [-0.1, -0.05) is 11.6 Å². The molecule has 2 nitrogen and oxygen atoms in total. The predicted octanol–water partition coefficient (Wildman–Crippen LogP) is 6.25. The van der Waals surface area contributed by atoms with E-state index in [1.54, 1.807) is 17.4 Å². The number of hydrogen-bond acceptors (Lipinski definition) is 3. The van der Waals surface area contributed by atoms with Gasteiger partial charge in [0.15, 0.2) is 5.75 Å². The summed E-state index contributed by atoms with van der Waals surface area (Å²) in [5.74, 6) is 0.0514. The quantitative estimate of drug-likeness (QED) is 0.645. The van der Waals surface area contributed by atoms with Crippen molar-refractivity contribution in [2.75, 3.05) is 5.32 Å². The number of alkyl halides is 2. The van der Waals surface area contributed by atoms with Gasteiger partial charge in [-0.15, -0.1) is 11.3 Å². The third-order valence-corrected chi connectivity index (χ3v) is 4.89. The molecule has 1 N–H and O–H groups in total. The number of rotatable bonds is 5. The van der Waals surface area contributed by atoms with Crippen LogP contribution >= 0.6 is 38.9 Å². The molecule has 0 spiro atoms. The molecule has 2 aromatic rings. The van der Waals surface area contributed by atoms with Crippen molar-refractivity contribution in [1.82, 2.24) is 0 Å². The minimum Gasteiger partial charge on any atom is -0.431 e. The molecule has 21 heavy (non-hydrogen) atoms.